The number of nitrogens with two attached hydrogens (primary N) is 1. The van der Waals surface area contributed by atoms with Crippen molar-refractivity contribution in [2.45, 2.75) is 13.2 Å². The van der Waals surface area contributed by atoms with Gasteiger partial charge < -0.3 is 10.5 Å². The van der Waals surface area contributed by atoms with Gasteiger partial charge in [-0.3, -0.25) is 4.98 Å². The number of rotatable bonds is 4. The van der Waals surface area contributed by atoms with Gasteiger partial charge in [0.05, 0.1) is 5.69 Å². The molecule has 0 bridgehead atoms. The molecule has 3 nitrogen and oxygen atoms in total. The molecule has 20 heavy (non-hydrogen) atoms. The average molecular weight is 264 g/mol. The summed E-state index contributed by atoms with van der Waals surface area (Å²) in [4.78, 5) is 4.26. The van der Waals surface area contributed by atoms with E-state index in [4.69, 9.17) is 10.5 Å². The molecule has 0 spiro atoms. The van der Waals surface area contributed by atoms with Gasteiger partial charge in [-0.25, -0.2) is 0 Å². The van der Waals surface area contributed by atoms with Gasteiger partial charge >= 0.3 is 0 Å². The van der Waals surface area contributed by atoms with Crippen LogP contribution in [0.15, 0.2) is 60.8 Å². The maximum atomic E-state index is 5.89. The Morgan fingerprint density at radius 2 is 1.80 bits per heavy atom. The van der Waals surface area contributed by atoms with Crippen LogP contribution in [-0.4, -0.2) is 4.98 Å². The average Bonchev–Trinajstić information content (AvgIpc) is 2.53. The topological polar surface area (TPSA) is 48.1 Å². The second-order valence-corrected chi connectivity index (χ2v) is 4.58. The fourth-order valence-corrected chi connectivity index (χ4v) is 2.30. The molecule has 100 valence electrons. The second-order valence-electron chi connectivity index (χ2n) is 4.58. The van der Waals surface area contributed by atoms with Gasteiger partial charge in [0.15, 0.2) is 0 Å². The highest BCUT2D eigenvalue weighted by Crippen LogP contribution is 2.28. The number of pyridine rings is 1. The van der Waals surface area contributed by atoms with Crippen LogP contribution in [0.5, 0.6) is 5.75 Å². The molecular weight excluding hydrogens is 248 g/mol. The van der Waals surface area contributed by atoms with Gasteiger partial charge in [0, 0.05) is 18.3 Å². The molecule has 3 aromatic rings. The highest BCUT2D eigenvalue weighted by Gasteiger charge is 2.07. The smallest absolute Gasteiger partial charge is 0.130 e. The number of ether oxygens (including phenoxy) is 1. The van der Waals surface area contributed by atoms with Crippen molar-refractivity contribution in [2.24, 2.45) is 5.73 Å². The fourth-order valence-electron chi connectivity index (χ4n) is 2.30. The molecule has 0 radical (unpaired) electrons. The first-order valence-corrected chi connectivity index (χ1v) is 6.62. The Hall–Kier alpha value is -2.39. The zero-order valence-electron chi connectivity index (χ0n) is 11.1. The number of fused-ring (bicyclic) bond motifs is 1. The van der Waals surface area contributed by atoms with Gasteiger partial charge in [-0.2, -0.15) is 0 Å². The monoisotopic (exact) mass is 264 g/mol. The van der Waals surface area contributed by atoms with Crippen molar-refractivity contribution in [1.29, 1.82) is 0 Å². The van der Waals surface area contributed by atoms with Gasteiger partial charge in [0.1, 0.15) is 12.4 Å². The summed E-state index contributed by atoms with van der Waals surface area (Å²) in [6.45, 7) is 0.908. The number of aromatic nitrogens is 1. The highest BCUT2D eigenvalue weighted by atomic mass is 16.5. The molecule has 0 unspecified atom stereocenters. The lowest BCUT2D eigenvalue weighted by Gasteiger charge is -2.12. The van der Waals surface area contributed by atoms with Crippen LogP contribution in [0.3, 0.4) is 0 Å². The molecule has 3 heteroatoms. The van der Waals surface area contributed by atoms with Crippen LogP contribution in [0.1, 0.15) is 11.3 Å². The molecule has 0 amide bonds. The number of benzene rings is 2. The largest absolute Gasteiger partial charge is 0.487 e. The van der Waals surface area contributed by atoms with E-state index in [1.54, 1.807) is 6.20 Å². The van der Waals surface area contributed by atoms with E-state index in [0.717, 1.165) is 22.4 Å². The Balaban J connectivity index is 1.91. The van der Waals surface area contributed by atoms with Crippen LogP contribution in [0.2, 0.25) is 0 Å². The van der Waals surface area contributed by atoms with Crippen LogP contribution in [0, 0.1) is 0 Å². The van der Waals surface area contributed by atoms with Crippen molar-refractivity contribution in [3.05, 3.63) is 72.1 Å². The minimum Gasteiger partial charge on any atom is -0.487 e. The molecule has 0 aliphatic heterocycles. The van der Waals surface area contributed by atoms with E-state index in [1.165, 1.54) is 5.39 Å². The molecule has 0 saturated carbocycles. The summed E-state index contributed by atoms with van der Waals surface area (Å²) >= 11 is 0. The zero-order valence-corrected chi connectivity index (χ0v) is 11.1. The van der Waals surface area contributed by atoms with Crippen molar-refractivity contribution in [2.75, 3.05) is 0 Å². The van der Waals surface area contributed by atoms with Crippen molar-refractivity contribution >= 4 is 10.8 Å². The van der Waals surface area contributed by atoms with Crippen LogP contribution in [-0.2, 0) is 13.2 Å². The van der Waals surface area contributed by atoms with Gasteiger partial charge in [0.2, 0.25) is 0 Å². The normalized spacial score (nSPS) is 10.7. The molecule has 0 aliphatic carbocycles. The second kappa shape index (κ2) is 5.72. The molecule has 0 fully saturated rings. The quantitative estimate of drug-likeness (QED) is 0.786. The molecular formula is C17H16N2O. The lowest BCUT2D eigenvalue weighted by atomic mass is 10.0. The summed E-state index contributed by atoms with van der Waals surface area (Å²) in [6, 6.07) is 18.0. The molecule has 1 aromatic heterocycles. The van der Waals surface area contributed by atoms with E-state index >= 15 is 0 Å². The van der Waals surface area contributed by atoms with Crippen LogP contribution in [0.4, 0.5) is 0 Å². The van der Waals surface area contributed by atoms with Crippen molar-refractivity contribution < 1.29 is 4.74 Å². The van der Waals surface area contributed by atoms with Gasteiger partial charge in [-0.15, -0.1) is 0 Å². The maximum absolute atomic E-state index is 5.89. The molecule has 0 aliphatic rings. The summed E-state index contributed by atoms with van der Waals surface area (Å²) in [6.07, 6.45) is 1.77. The third-order valence-electron chi connectivity index (χ3n) is 3.30. The summed E-state index contributed by atoms with van der Waals surface area (Å²) in [5.74, 6) is 0.830. The summed E-state index contributed by atoms with van der Waals surface area (Å²) < 4.78 is 5.88. The third kappa shape index (κ3) is 2.49. The SMILES string of the molecule is NCc1c(OCc2ccccn2)ccc2ccccc12. The molecule has 1 heterocycles. The minimum absolute atomic E-state index is 0.451. The number of hydrogen-bond acceptors (Lipinski definition) is 3. The summed E-state index contributed by atoms with van der Waals surface area (Å²) in [5, 5.41) is 2.33. The summed E-state index contributed by atoms with van der Waals surface area (Å²) in [7, 11) is 0. The molecule has 0 saturated heterocycles. The van der Waals surface area contributed by atoms with E-state index in [-0.39, 0.29) is 0 Å². The molecule has 2 N–H and O–H groups in total. The highest BCUT2D eigenvalue weighted by molar-refractivity contribution is 5.87. The Kier molecular flexibility index (Phi) is 3.61. The van der Waals surface area contributed by atoms with E-state index in [9.17, 15) is 0 Å². The van der Waals surface area contributed by atoms with E-state index in [1.807, 2.05) is 36.4 Å². The van der Waals surface area contributed by atoms with Crippen LogP contribution in [0.25, 0.3) is 10.8 Å². The first-order chi connectivity index (χ1) is 9.88. The Bertz CT molecular complexity index is 711. The predicted octanol–water partition coefficient (Wildman–Crippen LogP) is 3.27. The molecule has 0 atom stereocenters. The van der Waals surface area contributed by atoms with Crippen molar-refractivity contribution in [3.63, 3.8) is 0 Å². The first kappa shape index (κ1) is 12.6. The number of nitrogens with zero attached hydrogens (tertiary/aromatic N) is 1. The minimum atomic E-state index is 0.451. The Morgan fingerprint density at radius 1 is 0.950 bits per heavy atom. The Morgan fingerprint density at radius 3 is 2.60 bits per heavy atom. The van der Waals surface area contributed by atoms with Crippen molar-refractivity contribution in [3.8, 4) is 5.75 Å². The standard InChI is InChI=1S/C17H16N2O/c18-11-16-15-7-2-1-5-13(15)8-9-17(16)20-12-14-6-3-4-10-19-14/h1-10H,11-12,18H2. The predicted molar refractivity (Wildman–Crippen MR) is 80.4 cm³/mol. The number of hydrogen-bond donors (Lipinski definition) is 1. The van der Waals surface area contributed by atoms with Gasteiger partial charge in [0.25, 0.3) is 0 Å². The zero-order chi connectivity index (χ0) is 13.8. The molecule has 3 rings (SSSR count). The van der Waals surface area contributed by atoms with Gasteiger partial charge in [-0.1, -0.05) is 36.4 Å². The van der Waals surface area contributed by atoms with E-state index < -0.39 is 0 Å². The Labute approximate surface area is 118 Å². The first-order valence-electron chi connectivity index (χ1n) is 6.62. The van der Waals surface area contributed by atoms with Crippen LogP contribution < -0.4 is 10.5 Å². The maximum Gasteiger partial charge on any atom is 0.130 e. The van der Waals surface area contributed by atoms with E-state index in [2.05, 4.69) is 23.2 Å². The fraction of sp³-hybridized carbons (Fsp3) is 0.118. The van der Waals surface area contributed by atoms with Gasteiger partial charge in [-0.05, 0) is 29.0 Å². The lowest BCUT2D eigenvalue weighted by Crippen LogP contribution is -2.04. The lowest BCUT2D eigenvalue weighted by molar-refractivity contribution is 0.299. The molecule has 2 aromatic carbocycles. The third-order valence-corrected chi connectivity index (χ3v) is 3.30. The van der Waals surface area contributed by atoms with E-state index in [0.29, 0.717) is 13.2 Å². The summed E-state index contributed by atoms with van der Waals surface area (Å²) in [5.41, 5.74) is 7.84. The van der Waals surface area contributed by atoms with Crippen LogP contribution >= 0.6 is 0 Å². The van der Waals surface area contributed by atoms with Crippen molar-refractivity contribution in [1.82, 2.24) is 4.98 Å².